The second kappa shape index (κ2) is 7.82. The van der Waals surface area contributed by atoms with E-state index in [-0.39, 0.29) is 5.75 Å². The molecule has 2 aromatic rings. The Hall–Kier alpha value is -2.29. The summed E-state index contributed by atoms with van der Waals surface area (Å²) in [5.74, 6) is 0.779. The number of aromatic hydroxyl groups is 1. The van der Waals surface area contributed by atoms with Gasteiger partial charge in [0, 0.05) is 36.6 Å². The third-order valence-electron chi connectivity index (χ3n) is 4.06. The van der Waals surface area contributed by atoms with Gasteiger partial charge in [0.05, 0.1) is 5.69 Å². The third-order valence-corrected chi connectivity index (χ3v) is 4.06. The van der Waals surface area contributed by atoms with Crippen LogP contribution in [0, 0.1) is 0 Å². The molecule has 0 amide bonds. The highest BCUT2D eigenvalue weighted by Crippen LogP contribution is 2.24. The molecule has 0 aliphatic carbocycles. The number of rotatable bonds is 6. The van der Waals surface area contributed by atoms with Crippen molar-refractivity contribution in [2.75, 3.05) is 18.0 Å². The molecular weight excluding hydrogens is 284 g/mol. The average molecular weight is 310 g/mol. The van der Waals surface area contributed by atoms with Gasteiger partial charge in [-0.15, -0.1) is 0 Å². The summed E-state index contributed by atoms with van der Waals surface area (Å²) in [4.78, 5) is 6.65. The first-order valence-corrected chi connectivity index (χ1v) is 8.27. The van der Waals surface area contributed by atoms with Crippen LogP contribution in [0.2, 0.25) is 0 Å². The lowest BCUT2D eigenvalue weighted by Gasteiger charge is -2.21. The van der Waals surface area contributed by atoms with Crippen molar-refractivity contribution in [2.45, 2.75) is 33.6 Å². The molecule has 0 spiro atoms. The van der Waals surface area contributed by atoms with Crippen LogP contribution in [0.15, 0.2) is 47.5 Å². The van der Waals surface area contributed by atoms with E-state index < -0.39 is 0 Å². The summed E-state index contributed by atoms with van der Waals surface area (Å²) in [5, 5.41) is 10.2. The van der Waals surface area contributed by atoms with Crippen LogP contribution in [0.25, 0.3) is 0 Å². The van der Waals surface area contributed by atoms with Crippen molar-refractivity contribution >= 4 is 17.6 Å². The van der Waals surface area contributed by atoms with Gasteiger partial charge < -0.3 is 10.0 Å². The van der Waals surface area contributed by atoms with Crippen LogP contribution in [0.3, 0.4) is 0 Å². The molecule has 3 heteroatoms. The number of aliphatic imine (C=N–C) groups is 1. The lowest BCUT2D eigenvalue weighted by molar-refractivity contribution is 0.474. The van der Waals surface area contributed by atoms with Crippen molar-refractivity contribution in [1.82, 2.24) is 0 Å². The Balaban J connectivity index is 2.16. The minimum Gasteiger partial charge on any atom is -0.507 e. The standard InChI is InChI=1S/C20H26N2O/c1-5-22(6-2)19-12-9-17(20(23)13-19)14-21-18-10-7-16(8-11-18)15(3)4/h7-15,23H,5-6H2,1-4H3. The predicted molar refractivity (Wildman–Crippen MR) is 99.5 cm³/mol. The first-order valence-electron chi connectivity index (χ1n) is 8.27. The van der Waals surface area contributed by atoms with Gasteiger partial charge in [0.25, 0.3) is 0 Å². The van der Waals surface area contributed by atoms with Crippen molar-refractivity contribution in [3.63, 3.8) is 0 Å². The van der Waals surface area contributed by atoms with Crippen LogP contribution in [-0.2, 0) is 0 Å². The summed E-state index contributed by atoms with van der Waals surface area (Å²) in [6.07, 6.45) is 1.71. The quantitative estimate of drug-likeness (QED) is 0.752. The van der Waals surface area contributed by atoms with E-state index in [0.717, 1.165) is 30.0 Å². The van der Waals surface area contributed by atoms with E-state index in [1.807, 2.05) is 24.3 Å². The Morgan fingerprint density at radius 2 is 1.70 bits per heavy atom. The smallest absolute Gasteiger partial charge is 0.126 e. The predicted octanol–water partition coefficient (Wildman–Crippen LogP) is 5.11. The van der Waals surface area contributed by atoms with E-state index in [2.05, 4.69) is 49.7 Å². The molecule has 23 heavy (non-hydrogen) atoms. The number of anilines is 1. The highest BCUT2D eigenvalue weighted by molar-refractivity contribution is 5.86. The molecule has 2 rings (SSSR count). The Morgan fingerprint density at radius 1 is 1.04 bits per heavy atom. The monoisotopic (exact) mass is 310 g/mol. The molecule has 0 bridgehead atoms. The maximum absolute atomic E-state index is 10.2. The van der Waals surface area contributed by atoms with Gasteiger partial charge in [0.15, 0.2) is 0 Å². The number of phenols is 1. The maximum atomic E-state index is 10.2. The molecule has 2 aromatic carbocycles. The second-order valence-electron chi connectivity index (χ2n) is 5.92. The van der Waals surface area contributed by atoms with Crippen LogP contribution in [0.1, 0.15) is 44.7 Å². The van der Waals surface area contributed by atoms with Crippen LogP contribution < -0.4 is 4.90 Å². The molecule has 0 atom stereocenters. The van der Waals surface area contributed by atoms with E-state index in [4.69, 9.17) is 0 Å². The molecule has 0 aliphatic heterocycles. The van der Waals surface area contributed by atoms with Gasteiger partial charge >= 0.3 is 0 Å². The summed E-state index contributed by atoms with van der Waals surface area (Å²) in [5.41, 5.74) is 3.96. The first-order chi connectivity index (χ1) is 11.0. The average Bonchev–Trinajstić information content (AvgIpc) is 2.55. The van der Waals surface area contributed by atoms with Gasteiger partial charge in [-0.1, -0.05) is 26.0 Å². The molecule has 0 saturated carbocycles. The van der Waals surface area contributed by atoms with Crippen molar-refractivity contribution in [3.05, 3.63) is 53.6 Å². The van der Waals surface area contributed by atoms with Crippen LogP contribution >= 0.6 is 0 Å². The zero-order chi connectivity index (χ0) is 16.8. The van der Waals surface area contributed by atoms with Crippen molar-refractivity contribution in [2.24, 2.45) is 4.99 Å². The fraction of sp³-hybridized carbons (Fsp3) is 0.350. The van der Waals surface area contributed by atoms with Crippen LogP contribution in [-0.4, -0.2) is 24.4 Å². The fourth-order valence-corrected chi connectivity index (χ4v) is 2.52. The summed E-state index contributed by atoms with van der Waals surface area (Å²) < 4.78 is 0. The highest BCUT2D eigenvalue weighted by Gasteiger charge is 2.05. The second-order valence-corrected chi connectivity index (χ2v) is 5.92. The summed E-state index contributed by atoms with van der Waals surface area (Å²) in [6, 6.07) is 13.9. The number of benzene rings is 2. The van der Waals surface area contributed by atoms with E-state index >= 15 is 0 Å². The van der Waals surface area contributed by atoms with E-state index in [1.165, 1.54) is 5.56 Å². The van der Waals surface area contributed by atoms with Crippen LogP contribution in [0.5, 0.6) is 5.75 Å². The van der Waals surface area contributed by atoms with E-state index in [0.29, 0.717) is 5.92 Å². The lowest BCUT2D eigenvalue weighted by Crippen LogP contribution is -2.21. The number of hydrogen-bond acceptors (Lipinski definition) is 3. The highest BCUT2D eigenvalue weighted by atomic mass is 16.3. The molecule has 0 saturated heterocycles. The van der Waals surface area contributed by atoms with Gasteiger partial charge in [0.1, 0.15) is 5.75 Å². The van der Waals surface area contributed by atoms with Crippen molar-refractivity contribution < 1.29 is 5.11 Å². The molecule has 122 valence electrons. The molecule has 3 nitrogen and oxygen atoms in total. The first kappa shape index (κ1) is 17.1. The Bertz CT molecular complexity index is 656. The molecule has 0 aromatic heterocycles. The Morgan fingerprint density at radius 3 is 2.22 bits per heavy atom. The Labute approximate surface area is 139 Å². The molecular formula is C20H26N2O. The summed E-state index contributed by atoms with van der Waals surface area (Å²) in [6.45, 7) is 10.4. The summed E-state index contributed by atoms with van der Waals surface area (Å²) >= 11 is 0. The van der Waals surface area contributed by atoms with Crippen molar-refractivity contribution in [1.29, 1.82) is 0 Å². The zero-order valence-electron chi connectivity index (χ0n) is 14.5. The molecule has 0 unspecified atom stereocenters. The normalized spacial score (nSPS) is 11.3. The number of phenolic OH excluding ortho intramolecular Hbond substituents is 1. The topological polar surface area (TPSA) is 35.8 Å². The SMILES string of the molecule is CCN(CC)c1ccc(C=Nc2ccc(C(C)C)cc2)c(O)c1. The largest absolute Gasteiger partial charge is 0.507 e. The van der Waals surface area contributed by atoms with Gasteiger partial charge in [-0.2, -0.15) is 0 Å². The summed E-state index contributed by atoms with van der Waals surface area (Å²) in [7, 11) is 0. The fourth-order valence-electron chi connectivity index (χ4n) is 2.52. The van der Waals surface area contributed by atoms with E-state index in [9.17, 15) is 5.11 Å². The molecule has 1 N–H and O–H groups in total. The van der Waals surface area contributed by atoms with Gasteiger partial charge in [0.2, 0.25) is 0 Å². The minimum absolute atomic E-state index is 0.261. The molecule has 0 radical (unpaired) electrons. The lowest BCUT2D eigenvalue weighted by atomic mass is 10.0. The third kappa shape index (κ3) is 4.35. The Kier molecular flexibility index (Phi) is 5.80. The van der Waals surface area contributed by atoms with Crippen LogP contribution in [0.4, 0.5) is 11.4 Å². The number of nitrogens with zero attached hydrogens (tertiary/aromatic N) is 2. The minimum atomic E-state index is 0.261. The maximum Gasteiger partial charge on any atom is 0.126 e. The van der Waals surface area contributed by atoms with E-state index in [1.54, 1.807) is 12.3 Å². The van der Waals surface area contributed by atoms with Gasteiger partial charge in [-0.25, -0.2) is 0 Å². The molecule has 0 fully saturated rings. The van der Waals surface area contributed by atoms with Gasteiger partial charge in [-0.3, -0.25) is 4.99 Å². The van der Waals surface area contributed by atoms with Crippen molar-refractivity contribution in [3.8, 4) is 5.75 Å². The zero-order valence-corrected chi connectivity index (χ0v) is 14.5. The molecule has 0 heterocycles. The number of hydrogen-bond donors (Lipinski definition) is 1. The molecule has 0 aliphatic rings. The van der Waals surface area contributed by atoms with Gasteiger partial charge in [-0.05, 0) is 49.6 Å².